The van der Waals surface area contributed by atoms with Gasteiger partial charge in [-0.1, -0.05) is 37.3 Å². The second-order valence-electron chi connectivity index (χ2n) is 4.50. The molecular weight excluding hydrogens is 268 g/mol. The largest absolute Gasteiger partial charge is 0.456 e. The number of hydrogen-bond acceptors (Lipinski definition) is 5. The van der Waals surface area contributed by atoms with Crippen LogP contribution >= 0.6 is 0 Å². The number of ether oxygens (including phenoxy) is 2. The van der Waals surface area contributed by atoms with Crippen molar-refractivity contribution in [3.63, 3.8) is 0 Å². The van der Waals surface area contributed by atoms with E-state index in [1.54, 1.807) is 7.11 Å². The minimum Gasteiger partial charge on any atom is -0.456 e. The maximum absolute atomic E-state index is 12.0. The first-order valence-corrected chi connectivity index (χ1v) is 6.79. The van der Waals surface area contributed by atoms with Crippen LogP contribution in [0.3, 0.4) is 0 Å². The quantitative estimate of drug-likeness (QED) is 0.764. The molecule has 21 heavy (non-hydrogen) atoms. The summed E-state index contributed by atoms with van der Waals surface area (Å²) in [5.74, 6) is -0.480. The van der Waals surface area contributed by atoms with Crippen molar-refractivity contribution >= 4 is 5.97 Å². The molecule has 5 nitrogen and oxygen atoms in total. The van der Waals surface area contributed by atoms with Gasteiger partial charge in [0.15, 0.2) is 5.69 Å². The van der Waals surface area contributed by atoms with E-state index < -0.39 is 5.97 Å². The molecule has 0 aliphatic heterocycles. The molecule has 0 radical (unpaired) electrons. The SMILES string of the molecule is CCc1ncc(C(=O)OCc2ccccc2)nc1COC. The Kier molecular flexibility index (Phi) is 5.40. The number of nitrogens with zero attached hydrogens (tertiary/aromatic N) is 2. The van der Waals surface area contributed by atoms with Crippen LogP contribution in [0.5, 0.6) is 0 Å². The summed E-state index contributed by atoms with van der Waals surface area (Å²) in [6, 6.07) is 9.51. The number of benzene rings is 1. The lowest BCUT2D eigenvalue weighted by Crippen LogP contribution is -2.12. The number of rotatable bonds is 6. The van der Waals surface area contributed by atoms with E-state index in [0.717, 1.165) is 17.7 Å². The van der Waals surface area contributed by atoms with E-state index in [9.17, 15) is 4.79 Å². The van der Waals surface area contributed by atoms with E-state index in [4.69, 9.17) is 9.47 Å². The van der Waals surface area contributed by atoms with Crippen LogP contribution in [-0.2, 0) is 29.1 Å². The average Bonchev–Trinajstić information content (AvgIpc) is 2.54. The van der Waals surface area contributed by atoms with E-state index in [-0.39, 0.29) is 12.3 Å². The lowest BCUT2D eigenvalue weighted by Gasteiger charge is -2.08. The first kappa shape index (κ1) is 15.1. The van der Waals surface area contributed by atoms with Crippen molar-refractivity contribution in [2.45, 2.75) is 26.6 Å². The Bertz CT molecular complexity index is 600. The molecule has 110 valence electrons. The van der Waals surface area contributed by atoms with E-state index in [1.165, 1.54) is 6.20 Å². The Balaban J connectivity index is 2.06. The molecule has 0 unspecified atom stereocenters. The molecule has 0 amide bonds. The van der Waals surface area contributed by atoms with Crippen molar-refractivity contribution in [1.29, 1.82) is 0 Å². The molecule has 5 heteroatoms. The van der Waals surface area contributed by atoms with Crippen molar-refractivity contribution in [1.82, 2.24) is 9.97 Å². The number of methoxy groups -OCH3 is 1. The fourth-order valence-electron chi connectivity index (χ4n) is 1.90. The highest BCUT2D eigenvalue weighted by atomic mass is 16.5. The molecule has 1 heterocycles. The summed E-state index contributed by atoms with van der Waals surface area (Å²) >= 11 is 0. The maximum Gasteiger partial charge on any atom is 0.358 e. The molecule has 0 aliphatic carbocycles. The predicted molar refractivity (Wildman–Crippen MR) is 77.7 cm³/mol. The molecule has 0 saturated carbocycles. The zero-order valence-electron chi connectivity index (χ0n) is 12.2. The molecule has 0 bridgehead atoms. The maximum atomic E-state index is 12.0. The van der Waals surface area contributed by atoms with Gasteiger partial charge >= 0.3 is 5.97 Å². The summed E-state index contributed by atoms with van der Waals surface area (Å²) in [5, 5.41) is 0. The highest BCUT2D eigenvalue weighted by Crippen LogP contribution is 2.09. The van der Waals surface area contributed by atoms with Gasteiger partial charge in [-0.05, 0) is 12.0 Å². The van der Waals surface area contributed by atoms with Crippen molar-refractivity contribution in [2.75, 3.05) is 7.11 Å². The van der Waals surface area contributed by atoms with E-state index >= 15 is 0 Å². The zero-order chi connectivity index (χ0) is 15.1. The third-order valence-electron chi connectivity index (χ3n) is 2.97. The molecule has 2 rings (SSSR count). The minimum atomic E-state index is -0.480. The van der Waals surface area contributed by atoms with Crippen LogP contribution in [0.15, 0.2) is 36.5 Å². The molecule has 2 aromatic rings. The fraction of sp³-hybridized carbons (Fsp3) is 0.312. The second-order valence-corrected chi connectivity index (χ2v) is 4.50. The number of carbonyl (C=O) groups is 1. The highest BCUT2D eigenvalue weighted by Gasteiger charge is 2.13. The summed E-state index contributed by atoms with van der Waals surface area (Å²) in [4.78, 5) is 20.5. The number of aryl methyl sites for hydroxylation is 1. The lowest BCUT2D eigenvalue weighted by atomic mass is 10.2. The second kappa shape index (κ2) is 7.50. The molecule has 0 saturated heterocycles. The van der Waals surface area contributed by atoms with Crippen LogP contribution in [0.25, 0.3) is 0 Å². The predicted octanol–water partition coefficient (Wildman–Crippen LogP) is 2.54. The zero-order valence-corrected chi connectivity index (χ0v) is 12.2. The van der Waals surface area contributed by atoms with Gasteiger partial charge in [0.25, 0.3) is 0 Å². The molecule has 0 aliphatic rings. The van der Waals surface area contributed by atoms with Gasteiger partial charge in [-0.25, -0.2) is 9.78 Å². The van der Waals surface area contributed by atoms with E-state index in [1.807, 2.05) is 37.3 Å². The Labute approximate surface area is 124 Å². The summed E-state index contributed by atoms with van der Waals surface area (Å²) in [7, 11) is 1.58. The summed E-state index contributed by atoms with van der Waals surface area (Å²) < 4.78 is 10.3. The van der Waals surface area contributed by atoms with Gasteiger partial charge in [-0.2, -0.15) is 0 Å². The molecule has 1 aromatic carbocycles. The van der Waals surface area contributed by atoms with Crippen LogP contribution in [0, 0.1) is 0 Å². The third kappa shape index (κ3) is 4.10. The van der Waals surface area contributed by atoms with Crippen molar-refractivity contribution in [3.8, 4) is 0 Å². The molecule has 0 N–H and O–H groups in total. The van der Waals surface area contributed by atoms with E-state index in [2.05, 4.69) is 9.97 Å². The van der Waals surface area contributed by atoms with Gasteiger partial charge in [-0.15, -0.1) is 0 Å². The van der Waals surface area contributed by atoms with Gasteiger partial charge in [0.1, 0.15) is 6.61 Å². The summed E-state index contributed by atoms with van der Waals surface area (Å²) in [5.41, 5.74) is 2.64. The molecule has 0 fully saturated rings. The van der Waals surface area contributed by atoms with Crippen LogP contribution in [0.1, 0.15) is 34.4 Å². The Morgan fingerprint density at radius 1 is 1.14 bits per heavy atom. The number of hydrogen-bond donors (Lipinski definition) is 0. The lowest BCUT2D eigenvalue weighted by molar-refractivity contribution is 0.0464. The van der Waals surface area contributed by atoms with Crippen LogP contribution < -0.4 is 0 Å². The first-order valence-electron chi connectivity index (χ1n) is 6.79. The average molecular weight is 286 g/mol. The smallest absolute Gasteiger partial charge is 0.358 e. The topological polar surface area (TPSA) is 61.3 Å². The van der Waals surface area contributed by atoms with Gasteiger partial charge in [0, 0.05) is 7.11 Å². The molecule has 0 atom stereocenters. The molecular formula is C16H18N2O3. The van der Waals surface area contributed by atoms with Crippen molar-refractivity contribution < 1.29 is 14.3 Å². The van der Waals surface area contributed by atoms with Crippen molar-refractivity contribution in [3.05, 3.63) is 59.2 Å². The normalized spacial score (nSPS) is 10.4. The Morgan fingerprint density at radius 3 is 2.57 bits per heavy atom. The number of esters is 1. The van der Waals surface area contributed by atoms with Gasteiger partial charge in [0.2, 0.25) is 0 Å². The van der Waals surface area contributed by atoms with Gasteiger partial charge < -0.3 is 9.47 Å². The van der Waals surface area contributed by atoms with Gasteiger partial charge in [0.05, 0.1) is 24.2 Å². The summed E-state index contributed by atoms with van der Waals surface area (Å²) in [6.45, 7) is 2.53. The van der Waals surface area contributed by atoms with Crippen molar-refractivity contribution in [2.24, 2.45) is 0 Å². The highest BCUT2D eigenvalue weighted by molar-refractivity contribution is 5.86. The summed E-state index contributed by atoms with van der Waals surface area (Å²) in [6.07, 6.45) is 2.19. The van der Waals surface area contributed by atoms with Crippen LogP contribution in [0.4, 0.5) is 0 Å². The number of carbonyl (C=O) groups excluding carboxylic acids is 1. The molecule has 0 spiro atoms. The third-order valence-corrected chi connectivity index (χ3v) is 2.97. The van der Waals surface area contributed by atoms with Crippen LogP contribution in [0.2, 0.25) is 0 Å². The van der Waals surface area contributed by atoms with Crippen LogP contribution in [-0.4, -0.2) is 23.0 Å². The standard InChI is InChI=1S/C16H18N2O3/c1-3-13-15(11-20-2)18-14(9-17-13)16(19)21-10-12-7-5-4-6-8-12/h4-9H,3,10-11H2,1-2H3. The monoisotopic (exact) mass is 286 g/mol. The Morgan fingerprint density at radius 2 is 1.90 bits per heavy atom. The molecule has 1 aromatic heterocycles. The minimum absolute atomic E-state index is 0.204. The first-order chi connectivity index (χ1) is 10.2. The Hall–Kier alpha value is -2.27. The van der Waals surface area contributed by atoms with E-state index in [0.29, 0.717) is 12.3 Å². The number of aromatic nitrogens is 2. The fourth-order valence-corrected chi connectivity index (χ4v) is 1.90. The van der Waals surface area contributed by atoms with Gasteiger partial charge in [-0.3, -0.25) is 4.98 Å².